The molecular weight excluding hydrogens is 204 g/mol. The molecule has 1 rings (SSSR count). The summed E-state index contributed by atoms with van der Waals surface area (Å²) in [5, 5.41) is 2.91. The summed E-state index contributed by atoms with van der Waals surface area (Å²) in [5.41, 5.74) is 5.98. The summed E-state index contributed by atoms with van der Waals surface area (Å²) in [4.78, 5) is 10.8. The lowest BCUT2D eigenvalue weighted by molar-refractivity contribution is -0.122. The van der Waals surface area contributed by atoms with Gasteiger partial charge in [-0.15, -0.1) is 0 Å². The van der Waals surface area contributed by atoms with Gasteiger partial charge in [-0.3, -0.25) is 4.79 Å². The van der Waals surface area contributed by atoms with Crippen molar-refractivity contribution in [3.05, 3.63) is 23.2 Å². The first-order valence-electron chi connectivity index (χ1n) is 4.02. The Morgan fingerprint density at radius 3 is 2.93 bits per heavy atom. The molecule has 0 saturated heterocycles. The van der Waals surface area contributed by atoms with E-state index in [1.165, 1.54) is 0 Å². The summed E-state index contributed by atoms with van der Waals surface area (Å²) in [7, 11) is 1.54. The van der Waals surface area contributed by atoms with Crippen LogP contribution in [-0.2, 0) is 4.79 Å². The van der Waals surface area contributed by atoms with Crippen molar-refractivity contribution in [1.29, 1.82) is 0 Å². The molecule has 0 aliphatic heterocycles. The number of hydrogen-bond acceptors (Lipinski definition) is 3. The molecule has 76 valence electrons. The maximum Gasteiger partial charge on any atom is 0.257 e. The van der Waals surface area contributed by atoms with Crippen LogP contribution in [0.15, 0.2) is 18.2 Å². The van der Waals surface area contributed by atoms with Crippen molar-refractivity contribution < 1.29 is 9.53 Å². The van der Waals surface area contributed by atoms with Crippen molar-refractivity contribution in [2.24, 2.45) is 0 Å². The van der Waals surface area contributed by atoms with Crippen LogP contribution in [0.4, 0.5) is 5.69 Å². The normalized spacial score (nSPS) is 9.57. The van der Waals surface area contributed by atoms with Crippen LogP contribution in [0.25, 0.3) is 0 Å². The Labute approximate surface area is 87.0 Å². The quantitative estimate of drug-likeness (QED) is 0.740. The first kappa shape index (κ1) is 10.7. The Balaban J connectivity index is 2.60. The molecule has 5 heteroatoms. The highest BCUT2D eigenvalue weighted by molar-refractivity contribution is 6.33. The molecule has 4 nitrogen and oxygen atoms in total. The van der Waals surface area contributed by atoms with Gasteiger partial charge in [0.1, 0.15) is 5.75 Å². The third kappa shape index (κ3) is 2.81. The minimum atomic E-state index is -0.196. The van der Waals surface area contributed by atoms with Gasteiger partial charge in [0.25, 0.3) is 5.91 Å². The molecule has 0 saturated carbocycles. The molecule has 0 heterocycles. The third-order valence-corrected chi connectivity index (χ3v) is 1.96. The zero-order valence-corrected chi connectivity index (χ0v) is 8.47. The van der Waals surface area contributed by atoms with Crippen LogP contribution < -0.4 is 15.8 Å². The van der Waals surface area contributed by atoms with Gasteiger partial charge in [0.05, 0.1) is 10.7 Å². The lowest BCUT2D eigenvalue weighted by Gasteiger charge is -2.06. The van der Waals surface area contributed by atoms with Crippen LogP contribution in [0.1, 0.15) is 0 Å². The fraction of sp³-hybridized carbons (Fsp3) is 0.222. The van der Waals surface area contributed by atoms with Crippen LogP contribution in [0, 0.1) is 0 Å². The maximum atomic E-state index is 10.8. The first-order valence-corrected chi connectivity index (χ1v) is 4.39. The smallest absolute Gasteiger partial charge is 0.257 e. The minimum absolute atomic E-state index is 0.0302. The molecule has 1 aromatic carbocycles. The molecule has 0 unspecified atom stereocenters. The first-order chi connectivity index (χ1) is 6.63. The van der Waals surface area contributed by atoms with E-state index in [1.54, 1.807) is 25.2 Å². The molecule has 3 N–H and O–H groups in total. The zero-order valence-electron chi connectivity index (χ0n) is 7.71. The number of carbonyl (C=O) groups is 1. The standard InChI is InChI=1S/C9H11ClN2O2/c1-12-9(13)5-14-6-2-3-7(10)8(11)4-6/h2-4H,5,11H2,1H3,(H,12,13). The van der Waals surface area contributed by atoms with E-state index in [4.69, 9.17) is 22.1 Å². The Bertz CT molecular complexity index is 342. The monoisotopic (exact) mass is 214 g/mol. The second-order valence-electron chi connectivity index (χ2n) is 2.65. The van der Waals surface area contributed by atoms with Gasteiger partial charge in [-0.2, -0.15) is 0 Å². The topological polar surface area (TPSA) is 64.3 Å². The molecule has 0 bridgehead atoms. The van der Waals surface area contributed by atoms with E-state index in [2.05, 4.69) is 5.32 Å². The molecule has 0 aliphatic rings. The number of nitrogens with one attached hydrogen (secondary N) is 1. The second kappa shape index (κ2) is 4.72. The number of anilines is 1. The van der Waals surface area contributed by atoms with Crippen molar-refractivity contribution in [3.63, 3.8) is 0 Å². The van der Waals surface area contributed by atoms with Gasteiger partial charge in [-0.1, -0.05) is 11.6 Å². The highest BCUT2D eigenvalue weighted by Crippen LogP contribution is 2.23. The van der Waals surface area contributed by atoms with E-state index in [9.17, 15) is 4.79 Å². The molecule has 0 spiro atoms. The number of nitrogens with two attached hydrogens (primary N) is 1. The Morgan fingerprint density at radius 2 is 2.36 bits per heavy atom. The molecule has 0 aromatic heterocycles. The fourth-order valence-corrected chi connectivity index (χ4v) is 0.950. The summed E-state index contributed by atoms with van der Waals surface area (Å²) in [5.74, 6) is 0.328. The maximum absolute atomic E-state index is 10.8. The van der Waals surface area contributed by atoms with Gasteiger partial charge in [-0.05, 0) is 12.1 Å². The Morgan fingerprint density at radius 1 is 1.64 bits per heavy atom. The summed E-state index contributed by atoms with van der Waals surface area (Å²) >= 11 is 5.71. The Hall–Kier alpha value is -1.42. The number of halogens is 1. The van der Waals surface area contributed by atoms with E-state index >= 15 is 0 Å². The number of amides is 1. The second-order valence-corrected chi connectivity index (χ2v) is 3.05. The Kier molecular flexibility index (Phi) is 3.59. The van der Waals surface area contributed by atoms with Crippen LogP contribution in [0.5, 0.6) is 5.75 Å². The molecular formula is C9H11ClN2O2. The average Bonchev–Trinajstić information content (AvgIpc) is 2.19. The van der Waals surface area contributed by atoms with Crippen molar-refractivity contribution in [1.82, 2.24) is 5.32 Å². The van der Waals surface area contributed by atoms with Crippen molar-refractivity contribution in [2.75, 3.05) is 19.4 Å². The van der Waals surface area contributed by atoms with E-state index in [0.29, 0.717) is 16.5 Å². The van der Waals surface area contributed by atoms with Gasteiger partial charge < -0.3 is 15.8 Å². The lowest BCUT2D eigenvalue weighted by atomic mass is 10.3. The lowest BCUT2D eigenvalue weighted by Crippen LogP contribution is -2.24. The van der Waals surface area contributed by atoms with Crippen LogP contribution in [-0.4, -0.2) is 19.6 Å². The SMILES string of the molecule is CNC(=O)COc1ccc(Cl)c(N)c1. The molecule has 1 aromatic rings. The van der Waals surface area contributed by atoms with Crippen LogP contribution in [0.3, 0.4) is 0 Å². The molecule has 14 heavy (non-hydrogen) atoms. The average molecular weight is 215 g/mol. The van der Waals surface area contributed by atoms with Crippen LogP contribution >= 0.6 is 11.6 Å². The summed E-state index contributed by atoms with van der Waals surface area (Å²) < 4.78 is 5.14. The number of ether oxygens (including phenoxy) is 1. The predicted molar refractivity (Wildman–Crippen MR) is 55.4 cm³/mol. The molecule has 1 amide bonds. The fourth-order valence-electron chi connectivity index (χ4n) is 0.833. The summed E-state index contributed by atoms with van der Waals surface area (Å²) in [6, 6.07) is 4.85. The molecule has 0 atom stereocenters. The van der Waals surface area contributed by atoms with Crippen molar-refractivity contribution in [2.45, 2.75) is 0 Å². The van der Waals surface area contributed by atoms with Gasteiger partial charge >= 0.3 is 0 Å². The molecule has 0 fully saturated rings. The van der Waals surface area contributed by atoms with Gasteiger partial charge in [0.15, 0.2) is 6.61 Å². The minimum Gasteiger partial charge on any atom is -0.484 e. The summed E-state index contributed by atoms with van der Waals surface area (Å²) in [6.07, 6.45) is 0. The largest absolute Gasteiger partial charge is 0.484 e. The van der Waals surface area contributed by atoms with Gasteiger partial charge in [-0.25, -0.2) is 0 Å². The van der Waals surface area contributed by atoms with Crippen molar-refractivity contribution >= 4 is 23.2 Å². The number of hydrogen-bond donors (Lipinski definition) is 2. The highest BCUT2D eigenvalue weighted by Gasteiger charge is 2.01. The highest BCUT2D eigenvalue weighted by atomic mass is 35.5. The third-order valence-electron chi connectivity index (χ3n) is 1.62. The number of rotatable bonds is 3. The van der Waals surface area contributed by atoms with E-state index in [1.807, 2.05) is 0 Å². The predicted octanol–water partition coefficient (Wildman–Crippen LogP) is 1.05. The van der Waals surface area contributed by atoms with E-state index in [0.717, 1.165) is 0 Å². The van der Waals surface area contributed by atoms with Gasteiger partial charge in [0.2, 0.25) is 0 Å². The number of nitrogen functional groups attached to an aromatic ring is 1. The molecule has 0 radical (unpaired) electrons. The number of carbonyl (C=O) groups excluding carboxylic acids is 1. The van der Waals surface area contributed by atoms with E-state index in [-0.39, 0.29) is 12.5 Å². The van der Waals surface area contributed by atoms with E-state index < -0.39 is 0 Å². The zero-order chi connectivity index (χ0) is 10.6. The summed E-state index contributed by atoms with van der Waals surface area (Å²) in [6.45, 7) is -0.0302. The molecule has 0 aliphatic carbocycles. The number of likely N-dealkylation sites (N-methyl/N-ethyl adjacent to an activating group) is 1. The van der Waals surface area contributed by atoms with Crippen molar-refractivity contribution in [3.8, 4) is 5.75 Å². The van der Waals surface area contributed by atoms with Crippen LogP contribution in [0.2, 0.25) is 5.02 Å². The number of benzene rings is 1. The van der Waals surface area contributed by atoms with Gasteiger partial charge in [0, 0.05) is 13.1 Å².